The first kappa shape index (κ1) is 11.6. The summed E-state index contributed by atoms with van der Waals surface area (Å²) in [5.74, 6) is 7.77. The molecule has 0 aromatic carbocycles. The summed E-state index contributed by atoms with van der Waals surface area (Å²) >= 11 is 0. The van der Waals surface area contributed by atoms with Gasteiger partial charge in [-0.1, -0.05) is 0 Å². The quantitative estimate of drug-likeness (QED) is 0.613. The summed E-state index contributed by atoms with van der Waals surface area (Å²) in [6.07, 6.45) is 7.28. The van der Waals surface area contributed by atoms with Crippen molar-refractivity contribution in [1.29, 1.82) is 0 Å². The lowest BCUT2D eigenvalue weighted by molar-refractivity contribution is 0.545. The van der Waals surface area contributed by atoms with Gasteiger partial charge >= 0.3 is 0 Å². The van der Waals surface area contributed by atoms with E-state index in [2.05, 4.69) is 30.4 Å². The number of piperidine rings is 1. The molecule has 0 amide bonds. The maximum Gasteiger partial charge on any atom is 0.257 e. The summed E-state index contributed by atoms with van der Waals surface area (Å²) in [6.45, 7) is 1.03. The molecule has 0 spiro atoms. The second kappa shape index (κ2) is 4.41. The lowest BCUT2D eigenvalue weighted by atomic mass is 10.1. The molecule has 2 aromatic rings. The smallest absolute Gasteiger partial charge is 0.257 e. The Morgan fingerprint density at radius 3 is 2.75 bits per heavy atom. The highest BCUT2D eigenvalue weighted by atomic mass is 15.4. The van der Waals surface area contributed by atoms with Gasteiger partial charge in [-0.2, -0.15) is 20.1 Å². The van der Waals surface area contributed by atoms with Gasteiger partial charge in [0.2, 0.25) is 11.9 Å². The van der Waals surface area contributed by atoms with Crippen LogP contribution in [0, 0.1) is 5.92 Å². The Balaban J connectivity index is 1.74. The minimum Gasteiger partial charge on any atom is -0.337 e. The molecule has 2 bridgehead atoms. The van der Waals surface area contributed by atoms with Gasteiger partial charge in [-0.15, -0.1) is 0 Å². The van der Waals surface area contributed by atoms with Gasteiger partial charge in [-0.25, -0.2) is 10.5 Å². The van der Waals surface area contributed by atoms with E-state index in [1.165, 1.54) is 19.3 Å². The highest BCUT2D eigenvalue weighted by Crippen LogP contribution is 2.39. The molecule has 4 rings (SSSR count). The van der Waals surface area contributed by atoms with Crippen molar-refractivity contribution < 1.29 is 0 Å². The van der Waals surface area contributed by atoms with E-state index >= 15 is 0 Å². The molecular weight excluding hydrogens is 256 g/mol. The van der Waals surface area contributed by atoms with E-state index in [9.17, 15) is 0 Å². The highest BCUT2D eigenvalue weighted by molar-refractivity contribution is 5.42. The standard InChI is InChI=1S/C12H16N8/c13-18-10-15-11(19-7-8-2-3-9(19)6-8)17-12(16-10)20-5-1-4-14-20/h1,4-5,8-9H,2-3,6-7,13H2,(H,15,16,17,18). The number of anilines is 2. The maximum atomic E-state index is 5.46. The summed E-state index contributed by atoms with van der Waals surface area (Å²) in [7, 11) is 0. The second-order valence-corrected chi connectivity index (χ2v) is 5.34. The van der Waals surface area contributed by atoms with Gasteiger partial charge in [0.05, 0.1) is 0 Å². The molecule has 8 heteroatoms. The van der Waals surface area contributed by atoms with Crippen molar-refractivity contribution in [2.45, 2.75) is 25.3 Å². The van der Waals surface area contributed by atoms with Crippen LogP contribution in [0.1, 0.15) is 19.3 Å². The molecule has 8 nitrogen and oxygen atoms in total. The van der Waals surface area contributed by atoms with Gasteiger partial charge in [-0.05, 0) is 31.2 Å². The molecule has 3 N–H and O–H groups in total. The largest absolute Gasteiger partial charge is 0.337 e. The summed E-state index contributed by atoms with van der Waals surface area (Å²) in [5, 5.41) is 4.15. The number of nitrogens with zero attached hydrogens (tertiary/aromatic N) is 6. The van der Waals surface area contributed by atoms with Crippen LogP contribution in [-0.2, 0) is 0 Å². The molecule has 2 atom stereocenters. The van der Waals surface area contributed by atoms with E-state index in [0.29, 0.717) is 23.9 Å². The van der Waals surface area contributed by atoms with Gasteiger partial charge in [-0.3, -0.25) is 5.43 Å². The fourth-order valence-corrected chi connectivity index (χ4v) is 3.21. The van der Waals surface area contributed by atoms with E-state index < -0.39 is 0 Å². The van der Waals surface area contributed by atoms with Crippen molar-refractivity contribution in [3.63, 3.8) is 0 Å². The number of hydrazine groups is 1. The zero-order chi connectivity index (χ0) is 13.5. The van der Waals surface area contributed by atoms with Crippen molar-refractivity contribution in [3.05, 3.63) is 18.5 Å². The number of rotatable bonds is 3. The number of nitrogen functional groups attached to an aromatic ring is 1. The SMILES string of the molecule is NNc1nc(N2CC3CCC2C3)nc(-n2cccn2)n1. The summed E-state index contributed by atoms with van der Waals surface area (Å²) in [5.41, 5.74) is 2.51. The van der Waals surface area contributed by atoms with Crippen molar-refractivity contribution in [2.24, 2.45) is 11.8 Å². The van der Waals surface area contributed by atoms with Crippen LogP contribution in [0.2, 0.25) is 0 Å². The van der Waals surface area contributed by atoms with Crippen LogP contribution >= 0.6 is 0 Å². The fraction of sp³-hybridized carbons (Fsp3) is 0.500. The maximum absolute atomic E-state index is 5.46. The summed E-state index contributed by atoms with van der Waals surface area (Å²) in [6, 6.07) is 2.38. The molecule has 20 heavy (non-hydrogen) atoms. The molecule has 1 aliphatic carbocycles. The zero-order valence-electron chi connectivity index (χ0n) is 11.0. The Bertz CT molecular complexity index is 610. The number of hydrogen-bond donors (Lipinski definition) is 2. The minimum atomic E-state index is 0.364. The van der Waals surface area contributed by atoms with Crippen LogP contribution in [0.25, 0.3) is 5.95 Å². The topological polar surface area (TPSA) is 97.8 Å². The summed E-state index contributed by atoms with van der Waals surface area (Å²) in [4.78, 5) is 15.4. The van der Waals surface area contributed by atoms with E-state index in [1.807, 2.05) is 6.07 Å². The Morgan fingerprint density at radius 2 is 2.10 bits per heavy atom. The number of nitrogens with two attached hydrogens (primary N) is 1. The first-order chi connectivity index (χ1) is 9.83. The molecule has 0 radical (unpaired) electrons. The molecule has 2 aromatic heterocycles. The normalized spacial score (nSPS) is 24.4. The Kier molecular flexibility index (Phi) is 2.56. The van der Waals surface area contributed by atoms with Crippen LogP contribution < -0.4 is 16.2 Å². The molecule has 2 unspecified atom stereocenters. The van der Waals surface area contributed by atoms with Crippen molar-refractivity contribution in [3.8, 4) is 5.95 Å². The van der Waals surface area contributed by atoms with Crippen LogP contribution in [0.15, 0.2) is 18.5 Å². The third-order valence-electron chi connectivity index (χ3n) is 4.12. The fourth-order valence-electron chi connectivity index (χ4n) is 3.21. The number of nitrogens with one attached hydrogen (secondary N) is 1. The predicted octanol–water partition coefficient (Wildman–Crippen LogP) is 0.332. The highest BCUT2D eigenvalue weighted by Gasteiger charge is 2.39. The number of hydrogen-bond acceptors (Lipinski definition) is 7. The van der Waals surface area contributed by atoms with Gasteiger partial charge in [0.25, 0.3) is 5.95 Å². The second-order valence-electron chi connectivity index (χ2n) is 5.34. The molecule has 104 valence electrons. The average molecular weight is 272 g/mol. The van der Waals surface area contributed by atoms with Crippen LogP contribution in [0.4, 0.5) is 11.9 Å². The van der Waals surface area contributed by atoms with Crippen LogP contribution in [0.5, 0.6) is 0 Å². The molecule has 1 saturated heterocycles. The average Bonchev–Trinajstić information content (AvgIpc) is 3.23. The lowest BCUT2D eigenvalue weighted by Gasteiger charge is -2.27. The summed E-state index contributed by atoms with van der Waals surface area (Å²) < 4.78 is 1.61. The number of fused-ring (bicyclic) bond motifs is 2. The zero-order valence-corrected chi connectivity index (χ0v) is 11.0. The van der Waals surface area contributed by atoms with Gasteiger partial charge in [0.15, 0.2) is 0 Å². The van der Waals surface area contributed by atoms with Crippen molar-refractivity contribution in [1.82, 2.24) is 24.7 Å². The van der Waals surface area contributed by atoms with Crippen LogP contribution in [-0.4, -0.2) is 37.3 Å². The van der Waals surface area contributed by atoms with E-state index in [4.69, 9.17) is 5.84 Å². The Labute approximate surface area is 116 Å². The molecule has 2 fully saturated rings. The molecule has 3 heterocycles. The first-order valence-electron chi connectivity index (χ1n) is 6.83. The van der Waals surface area contributed by atoms with Gasteiger partial charge < -0.3 is 4.90 Å². The monoisotopic (exact) mass is 272 g/mol. The molecule has 1 aliphatic heterocycles. The third-order valence-corrected chi connectivity index (χ3v) is 4.12. The minimum absolute atomic E-state index is 0.364. The van der Waals surface area contributed by atoms with E-state index in [1.54, 1.807) is 17.1 Å². The Hall–Kier alpha value is -2.22. The number of aromatic nitrogens is 5. The lowest BCUT2D eigenvalue weighted by Crippen LogP contribution is -2.34. The first-order valence-corrected chi connectivity index (χ1v) is 6.83. The van der Waals surface area contributed by atoms with Gasteiger partial charge in [0.1, 0.15) is 0 Å². The van der Waals surface area contributed by atoms with E-state index in [0.717, 1.165) is 12.5 Å². The van der Waals surface area contributed by atoms with Crippen molar-refractivity contribution >= 4 is 11.9 Å². The molecule has 2 aliphatic rings. The van der Waals surface area contributed by atoms with Gasteiger partial charge in [0, 0.05) is 25.0 Å². The predicted molar refractivity (Wildman–Crippen MR) is 73.2 cm³/mol. The van der Waals surface area contributed by atoms with Crippen LogP contribution in [0.3, 0.4) is 0 Å². The molecule has 1 saturated carbocycles. The molecular formula is C12H16N8. The van der Waals surface area contributed by atoms with Crippen molar-refractivity contribution in [2.75, 3.05) is 16.9 Å². The Morgan fingerprint density at radius 1 is 1.20 bits per heavy atom. The van der Waals surface area contributed by atoms with E-state index in [-0.39, 0.29) is 0 Å². The third kappa shape index (κ3) is 1.80.